The Bertz CT molecular complexity index is 910. The molecule has 1 aliphatic carbocycles. The monoisotopic (exact) mass is 441 g/mol. The summed E-state index contributed by atoms with van der Waals surface area (Å²) in [5.74, 6) is 1.23. The molecule has 2 aromatic rings. The molecule has 8 nitrogen and oxygen atoms in total. The molecule has 0 radical (unpaired) electrons. The van der Waals surface area contributed by atoms with Crippen LogP contribution in [0.4, 0.5) is 5.69 Å². The minimum Gasteiger partial charge on any atom is -0.493 e. The first-order chi connectivity index (χ1) is 15.5. The number of nitro groups is 1. The van der Waals surface area contributed by atoms with Crippen LogP contribution in [0, 0.1) is 10.1 Å². The van der Waals surface area contributed by atoms with Crippen LogP contribution in [0.15, 0.2) is 42.5 Å². The molecule has 172 valence electrons. The zero-order valence-corrected chi connectivity index (χ0v) is 18.6. The van der Waals surface area contributed by atoms with E-state index in [4.69, 9.17) is 9.47 Å². The molecule has 1 saturated carbocycles. The van der Waals surface area contributed by atoms with E-state index in [0.29, 0.717) is 30.0 Å². The maximum absolute atomic E-state index is 13.1. The Kier molecular flexibility index (Phi) is 8.44. The predicted molar refractivity (Wildman–Crippen MR) is 122 cm³/mol. The number of nitro benzene ring substituents is 1. The highest BCUT2D eigenvalue weighted by Crippen LogP contribution is 2.28. The molecule has 0 spiro atoms. The summed E-state index contributed by atoms with van der Waals surface area (Å²) in [5.41, 5.74) is 1.76. The quantitative estimate of drug-likeness (QED) is 0.428. The van der Waals surface area contributed by atoms with Crippen LogP contribution in [0.2, 0.25) is 0 Å². The van der Waals surface area contributed by atoms with Gasteiger partial charge in [0.15, 0.2) is 11.5 Å². The van der Waals surface area contributed by atoms with Crippen molar-refractivity contribution in [3.8, 4) is 11.5 Å². The molecule has 32 heavy (non-hydrogen) atoms. The van der Waals surface area contributed by atoms with E-state index >= 15 is 0 Å². The number of rotatable bonds is 10. The number of nitrogens with zero attached hydrogens (tertiary/aromatic N) is 1. The Balaban J connectivity index is 1.70. The molecule has 2 N–H and O–H groups in total. The fourth-order valence-electron chi connectivity index (χ4n) is 4.08. The molecule has 0 bridgehead atoms. The summed E-state index contributed by atoms with van der Waals surface area (Å²) in [6, 6.07) is 11.5. The Morgan fingerprint density at radius 1 is 1.06 bits per heavy atom. The van der Waals surface area contributed by atoms with Crippen LogP contribution in [0.5, 0.6) is 11.5 Å². The molecular weight excluding hydrogens is 410 g/mol. The summed E-state index contributed by atoms with van der Waals surface area (Å²) in [6.07, 6.45) is 6.12. The number of non-ortho nitro benzene ring substituents is 1. The van der Waals surface area contributed by atoms with Gasteiger partial charge in [-0.3, -0.25) is 14.9 Å². The fraction of sp³-hybridized carbons (Fsp3) is 0.458. The van der Waals surface area contributed by atoms with Crippen LogP contribution in [0.1, 0.15) is 49.3 Å². The number of amides is 1. The second kappa shape index (κ2) is 11.5. The van der Waals surface area contributed by atoms with Crippen molar-refractivity contribution in [1.82, 2.24) is 10.6 Å². The van der Waals surface area contributed by atoms with Crippen LogP contribution in [-0.2, 0) is 11.2 Å². The van der Waals surface area contributed by atoms with E-state index < -0.39 is 11.0 Å². The first-order valence-corrected chi connectivity index (χ1v) is 11.0. The summed E-state index contributed by atoms with van der Waals surface area (Å²) < 4.78 is 10.6. The standard InChI is InChI=1S/C24H31N3O5/c1-31-21-13-8-17(16-22(21)32-2)14-15-25-23(18-9-11-20(12-10-18)27(29)30)24(28)26-19-6-4-3-5-7-19/h8-13,16,19,23,25H,3-7,14-15H2,1-2H3,(H,26,28). The largest absolute Gasteiger partial charge is 0.493 e. The molecule has 8 heteroatoms. The van der Waals surface area contributed by atoms with Gasteiger partial charge in [0.2, 0.25) is 5.91 Å². The number of carbonyl (C=O) groups excluding carboxylic acids is 1. The maximum Gasteiger partial charge on any atom is 0.269 e. The van der Waals surface area contributed by atoms with Gasteiger partial charge in [0.25, 0.3) is 5.69 Å². The van der Waals surface area contributed by atoms with Crippen molar-refractivity contribution in [2.75, 3.05) is 20.8 Å². The van der Waals surface area contributed by atoms with E-state index in [2.05, 4.69) is 10.6 Å². The van der Waals surface area contributed by atoms with Gasteiger partial charge in [-0.25, -0.2) is 0 Å². The molecule has 1 fully saturated rings. The zero-order chi connectivity index (χ0) is 22.9. The van der Waals surface area contributed by atoms with Crippen LogP contribution in [0.3, 0.4) is 0 Å². The molecular formula is C24H31N3O5. The highest BCUT2D eigenvalue weighted by molar-refractivity contribution is 5.83. The summed E-state index contributed by atoms with van der Waals surface area (Å²) in [5, 5.41) is 17.5. The highest BCUT2D eigenvalue weighted by Gasteiger charge is 2.24. The smallest absolute Gasteiger partial charge is 0.269 e. The number of methoxy groups -OCH3 is 2. The SMILES string of the molecule is COc1ccc(CCNC(C(=O)NC2CCCCC2)c2ccc([N+](=O)[O-])cc2)cc1OC. The molecule has 1 amide bonds. The Morgan fingerprint density at radius 2 is 1.75 bits per heavy atom. The van der Waals surface area contributed by atoms with Crippen molar-refractivity contribution in [2.24, 2.45) is 0 Å². The van der Waals surface area contributed by atoms with Crippen molar-refractivity contribution < 1.29 is 19.2 Å². The van der Waals surface area contributed by atoms with Gasteiger partial charge < -0.3 is 20.1 Å². The Morgan fingerprint density at radius 3 is 2.38 bits per heavy atom. The third-order valence-corrected chi connectivity index (χ3v) is 5.86. The predicted octanol–water partition coefficient (Wildman–Crippen LogP) is 3.93. The molecule has 1 unspecified atom stereocenters. The van der Waals surface area contributed by atoms with E-state index in [9.17, 15) is 14.9 Å². The van der Waals surface area contributed by atoms with E-state index in [1.807, 2.05) is 18.2 Å². The van der Waals surface area contributed by atoms with Gasteiger partial charge in [0.05, 0.1) is 19.1 Å². The van der Waals surface area contributed by atoms with E-state index in [0.717, 1.165) is 31.2 Å². The van der Waals surface area contributed by atoms with Crippen molar-refractivity contribution in [3.63, 3.8) is 0 Å². The van der Waals surface area contributed by atoms with Crippen molar-refractivity contribution in [3.05, 3.63) is 63.7 Å². The minimum atomic E-state index is -0.585. The second-order valence-corrected chi connectivity index (χ2v) is 8.02. The van der Waals surface area contributed by atoms with E-state index in [1.165, 1.54) is 18.6 Å². The molecule has 0 saturated heterocycles. The van der Waals surface area contributed by atoms with Gasteiger partial charge in [0.1, 0.15) is 6.04 Å². The molecule has 1 atom stereocenters. The normalized spacial score (nSPS) is 15.1. The van der Waals surface area contributed by atoms with E-state index in [-0.39, 0.29) is 17.6 Å². The lowest BCUT2D eigenvalue weighted by Crippen LogP contribution is -2.43. The summed E-state index contributed by atoms with van der Waals surface area (Å²) in [7, 11) is 3.19. The number of benzene rings is 2. The van der Waals surface area contributed by atoms with Gasteiger partial charge in [-0.2, -0.15) is 0 Å². The lowest BCUT2D eigenvalue weighted by atomic mass is 9.95. The number of hydrogen-bond acceptors (Lipinski definition) is 6. The first-order valence-electron chi connectivity index (χ1n) is 11.0. The van der Waals surface area contributed by atoms with Crippen LogP contribution >= 0.6 is 0 Å². The summed E-state index contributed by atoms with van der Waals surface area (Å²) >= 11 is 0. The highest BCUT2D eigenvalue weighted by atomic mass is 16.6. The van der Waals surface area contributed by atoms with Crippen LogP contribution in [0.25, 0.3) is 0 Å². The summed E-state index contributed by atoms with van der Waals surface area (Å²) in [6.45, 7) is 0.551. The average molecular weight is 442 g/mol. The number of hydrogen-bond donors (Lipinski definition) is 2. The molecule has 0 aliphatic heterocycles. The second-order valence-electron chi connectivity index (χ2n) is 8.02. The molecule has 2 aromatic carbocycles. The van der Waals surface area contributed by atoms with E-state index in [1.54, 1.807) is 26.4 Å². The van der Waals surface area contributed by atoms with Gasteiger partial charge in [-0.15, -0.1) is 0 Å². The number of nitrogens with one attached hydrogen (secondary N) is 2. The summed E-state index contributed by atoms with van der Waals surface area (Å²) in [4.78, 5) is 23.7. The zero-order valence-electron chi connectivity index (χ0n) is 18.6. The third-order valence-electron chi connectivity index (χ3n) is 5.86. The Hall–Kier alpha value is -3.13. The van der Waals surface area contributed by atoms with Crippen molar-refractivity contribution >= 4 is 11.6 Å². The van der Waals surface area contributed by atoms with Gasteiger partial charge >= 0.3 is 0 Å². The van der Waals surface area contributed by atoms with Crippen molar-refractivity contribution in [2.45, 2.75) is 50.6 Å². The molecule has 0 aromatic heterocycles. The third kappa shape index (κ3) is 6.20. The number of ether oxygens (including phenoxy) is 2. The minimum absolute atomic E-state index is 0.00511. The van der Waals surface area contributed by atoms with Gasteiger partial charge in [-0.1, -0.05) is 37.5 Å². The van der Waals surface area contributed by atoms with Crippen LogP contribution in [-0.4, -0.2) is 37.6 Å². The van der Waals surface area contributed by atoms with Crippen molar-refractivity contribution in [1.29, 1.82) is 0 Å². The van der Waals surface area contributed by atoms with Gasteiger partial charge in [-0.05, 0) is 42.5 Å². The average Bonchev–Trinajstić information content (AvgIpc) is 2.82. The molecule has 1 aliphatic rings. The molecule has 0 heterocycles. The number of carbonyl (C=O) groups is 1. The molecule has 3 rings (SSSR count). The lowest BCUT2D eigenvalue weighted by molar-refractivity contribution is -0.384. The maximum atomic E-state index is 13.1. The van der Waals surface area contributed by atoms with Gasteiger partial charge in [0, 0.05) is 24.7 Å². The van der Waals surface area contributed by atoms with Crippen LogP contribution < -0.4 is 20.1 Å². The first kappa shape index (κ1) is 23.5. The fourth-order valence-corrected chi connectivity index (χ4v) is 4.08. The lowest BCUT2D eigenvalue weighted by Gasteiger charge is -2.26. The topological polar surface area (TPSA) is 103 Å². The Labute approximate surface area is 188 Å².